The highest BCUT2D eigenvalue weighted by Gasteiger charge is 2.12. The van der Waals surface area contributed by atoms with Crippen LogP contribution in [0.3, 0.4) is 0 Å². The Morgan fingerprint density at radius 2 is 1.64 bits per heavy atom. The number of carbonyl (C=O) groups excluding carboxylic acids is 2. The van der Waals surface area contributed by atoms with Crippen LogP contribution in [0.25, 0.3) is 10.8 Å². The van der Waals surface area contributed by atoms with Crippen LogP contribution in [0.15, 0.2) is 48.5 Å². The fourth-order valence-electron chi connectivity index (χ4n) is 2.32. The van der Waals surface area contributed by atoms with Gasteiger partial charge in [0.1, 0.15) is 11.4 Å². The minimum atomic E-state index is -0.344. The molecule has 0 atom stereocenters. The Labute approximate surface area is 126 Å². The quantitative estimate of drug-likeness (QED) is 0.648. The van der Waals surface area contributed by atoms with Gasteiger partial charge in [-0.25, -0.2) is 0 Å². The van der Waals surface area contributed by atoms with Gasteiger partial charge in [-0.2, -0.15) is 0 Å². The number of aromatic nitrogens is 1. The normalized spacial score (nSPS) is 10.6. The van der Waals surface area contributed by atoms with Crippen molar-refractivity contribution in [2.24, 2.45) is 0 Å². The van der Waals surface area contributed by atoms with Crippen molar-refractivity contribution in [1.82, 2.24) is 4.98 Å². The van der Waals surface area contributed by atoms with Gasteiger partial charge in [-0.05, 0) is 24.3 Å². The molecule has 110 valence electrons. The molecular formula is C17H14N2O3. The Morgan fingerprint density at radius 1 is 0.955 bits per heavy atom. The van der Waals surface area contributed by atoms with E-state index in [-0.39, 0.29) is 17.4 Å². The smallest absolute Gasteiger partial charge is 0.272 e. The predicted molar refractivity (Wildman–Crippen MR) is 84.4 cm³/mol. The molecule has 22 heavy (non-hydrogen) atoms. The summed E-state index contributed by atoms with van der Waals surface area (Å²) in [6.07, 6.45) is 0. The molecule has 0 aliphatic carbocycles. The van der Waals surface area contributed by atoms with Crippen molar-refractivity contribution in [3.05, 3.63) is 59.9 Å². The average Bonchev–Trinajstić information content (AvgIpc) is 2.98. The van der Waals surface area contributed by atoms with Gasteiger partial charge in [-0.1, -0.05) is 24.3 Å². The lowest BCUT2D eigenvalue weighted by atomic mass is 10.1. The van der Waals surface area contributed by atoms with Gasteiger partial charge in [0.2, 0.25) is 0 Å². The van der Waals surface area contributed by atoms with Gasteiger partial charge >= 0.3 is 0 Å². The first-order valence-electron chi connectivity index (χ1n) is 6.78. The van der Waals surface area contributed by atoms with Crippen molar-refractivity contribution in [1.29, 1.82) is 0 Å². The second-order valence-corrected chi connectivity index (χ2v) is 4.97. The number of hydrogen-bond acceptors (Lipinski definition) is 3. The molecule has 0 unspecified atom stereocenters. The lowest BCUT2D eigenvalue weighted by Gasteiger charge is -2.09. The number of carbonyl (C=O) groups is 2. The Hall–Kier alpha value is -3.08. The van der Waals surface area contributed by atoms with E-state index in [0.717, 1.165) is 5.39 Å². The average molecular weight is 294 g/mol. The monoisotopic (exact) mass is 294 g/mol. The minimum Gasteiger partial charge on any atom is -0.507 e. The van der Waals surface area contributed by atoms with E-state index in [2.05, 4.69) is 10.3 Å². The predicted octanol–water partition coefficient (Wildman–Crippen LogP) is 3.33. The molecule has 3 rings (SSSR count). The number of ketones is 1. The molecule has 5 heteroatoms. The number of Topliss-reactive ketones (excluding diaryl/α,β-unsaturated/α-hetero) is 1. The van der Waals surface area contributed by atoms with E-state index in [1.54, 1.807) is 42.5 Å². The molecule has 1 amide bonds. The summed E-state index contributed by atoms with van der Waals surface area (Å²) in [4.78, 5) is 26.3. The third kappa shape index (κ3) is 2.44. The molecule has 0 fully saturated rings. The number of phenols is 1. The van der Waals surface area contributed by atoms with Gasteiger partial charge < -0.3 is 15.4 Å². The molecule has 0 saturated heterocycles. The van der Waals surface area contributed by atoms with Gasteiger partial charge in [0.15, 0.2) is 5.78 Å². The van der Waals surface area contributed by atoms with E-state index in [1.165, 1.54) is 6.92 Å². The number of rotatable bonds is 3. The first kappa shape index (κ1) is 13.9. The van der Waals surface area contributed by atoms with Crippen molar-refractivity contribution < 1.29 is 14.7 Å². The molecule has 0 radical (unpaired) electrons. The van der Waals surface area contributed by atoms with Crippen molar-refractivity contribution in [3.63, 3.8) is 0 Å². The molecule has 2 aromatic carbocycles. The molecular weight excluding hydrogens is 280 g/mol. The number of phenolic OH excluding ortho intramolecular Hbond substituents is 1. The van der Waals surface area contributed by atoms with Crippen LogP contribution in [0.5, 0.6) is 5.75 Å². The summed E-state index contributed by atoms with van der Waals surface area (Å²) in [5.74, 6) is -0.315. The number of aromatic amines is 1. The van der Waals surface area contributed by atoms with Crippen LogP contribution < -0.4 is 5.32 Å². The zero-order chi connectivity index (χ0) is 15.7. The second kappa shape index (κ2) is 5.37. The Balaban J connectivity index is 1.94. The highest BCUT2D eigenvalue weighted by atomic mass is 16.3. The molecule has 1 heterocycles. The molecule has 0 spiro atoms. The lowest BCUT2D eigenvalue weighted by Crippen LogP contribution is -2.13. The van der Waals surface area contributed by atoms with Crippen molar-refractivity contribution in [3.8, 4) is 5.75 Å². The summed E-state index contributed by atoms with van der Waals surface area (Å²) in [6, 6.07) is 13.6. The third-order valence-electron chi connectivity index (χ3n) is 3.46. The standard InChI is InChI=1S/C17H14N2O3/c1-10(20)13-8-9-15(18-13)17(22)19-14-6-2-5-12-11(14)4-3-7-16(12)21/h2-9,18,21H,1H3,(H,19,22). The molecule has 1 aromatic heterocycles. The number of aromatic hydroxyl groups is 1. The van der Waals surface area contributed by atoms with E-state index >= 15 is 0 Å². The first-order chi connectivity index (χ1) is 10.6. The molecule has 3 N–H and O–H groups in total. The maximum atomic E-state index is 12.3. The Kier molecular flexibility index (Phi) is 3.39. The van der Waals surface area contributed by atoms with Gasteiger partial charge in [-0.15, -0.1) is 0 Å². The number of fused-ring (bicyclic) bond motifs is 1. The summed E-state index contributed by atoms with van der Waals surface area (Å²) in [7, 11) is 0. The van der Waals surface area contributed by atoms with E-state index in [4.69, 9.17) is 0 Å². The zero-order valence-corrected chi connectivity index (χ0v) is 11.9. The number of anilines is 1. The SMILES string of the molecule is CC(=O)c1ccc(C(=O)Nc2cccc3c(O)cccc23)[nH]1. The van der Waals surface area contributed by atoms with Gasteiger partial charge in [-0.3, -0.25) is 9.59 Å². The van der Waals surface area contributed by atoms with Crippen LogP contribution in [0.4, 0.5) is 5.69 Å². The molecule has 0 aliphatic heterocycles. The third-order valence-corrected chi connectivity index (χ3v) is 3.46. The minimum absolute atomic E-state index is 0.130. The summed E-state index contributed by atoms with van der Waals surface area (Å²) in [5.41, 5.74) is 1.29. The van der Waals surface area contributed by atoms with Crippen molar-refractivity contribution >= 4 is 28.2 Å². The van der Waals surface area contributed by atoms with Crippen LogP contribution in [0.2, 0.25) is 0 Å². The fraction of sp³-hybridized carbons (Fsp3) is 0.0588. The number of amides is 1. The Bertz CT molecular complexity index is 880. The van der Waals surface area contributed by atoms with Crippen molar-refractivity contribution in [2.45, 2.75) is 6.92 Å². The van der Waals surface area contributed by atoms with Gasteiger partial charge in [0, 0.05) is 23.4 Å². The highest BCUT2D eigenvalue weighted by Crippen LogP contribution is 2.29. The molecule has 0 bridgehead atoms. The second-order valence-electron chi connectivity index (χ2n) is 4.97. The number of nitrogens with one attached hydrogen (secondary N) is 2. The van der Waals surface area contributed by atoms with Crippen LogP contribution in [0.1, 0.15) is 27.9 Å². The van der Waals surface area contributed by atoms with Crippen LogP contribution >= 0.6 is 0 Å². The topological polar surface area (TPSA) is 82.2 Å². The first-order valence-corrected chi connectivity index (χ1v) is 6.78. The highest BCUT2D eigenvalue weighted by molar-refractivity contribution is 6.09. The summed E-state index contributed by atoms with van der Waals surface area (Å²) >= 11 is 0. The van der Waals surface area contributed by atoms with Gasteiger partial charge in [0.25, 0.3) is 5.91 Å². The number of benzene rings is 2. The Morgan fingerprint density at radius 3 is 2.36 bits per heavy atom. The molecule has 0 saturated carbocycles. The zero-order valence-electron chi connectivity index (χ0n) is 11.9. The summed E-state index contributed by atoms with van der Waals surface area (Å²) < 4.78 is 0. The van der Waals surface area contributed by atoms with E-state index < -0.39 is 0 Å². The summed E-state index contributed by atoms with van der Waals surface area (Å²) in [5, 5.41) is 14.1. The molecule has 5 nitrogen and oxygen atoms in total. The fourth-order valence-corrected chi connectivity index (χ4v) is 2.32. The number of H-pyrrole nitrogens is 1. The van der Waals surface area contributed by atoms with Gasteiger partial charge in [0.05, 0.1) is 5.69 Å². The molecule has 0 aliphatic rings. The van der Waals surface area contributed by atoms with Crippen LogP contribution in [-0.2, 0) is 0 Å². The maximum Gasteiger partial charge on any atom is 0.272 e. The largest absolute Gasteiger partial charge is 0.507 e. The van der Waals surface area contributed by atoms with E-state index in [1.807, 2.05) is 6.07 Å². The van der Waals surface area contributed by atoms with Crippen LogP contribution in [0, 0.1) is 0 Å². The maximum absolute atomic E-state index is 12.3. The number of hydrogen-bond donors (Lipinski definition) is 3. The summed E-state index contributed by atoms with van der Waals surface area (Å²) in [6.45, 7) is 1.43. The van der Waals surface area contributed by atoms with E-state index in [0.29, 0.717) is 22.5 Å². The lowest BCUT2D eigenvalue weighted by molar-refractivity contribution is 0.101. The molecule has 3 aromatic rings. The van der Waals surface area contributed by atoms with E-state index in [9.17, 15) is 14.7 Å². The van der Waals surface area contributed by atoms with Crippen LogP contribution in [-0.4, -0.2) is 21.8 Å². The van der Waals surface area contributed by atoms with Crippen molar-refractivity contribution in [2.75, 3.05) is 5.32 Å².